The molecule has 1 saturated carbocycles. The Hall–Kier alpha value is -0.0800. The van der Waals surface area contributed by atoms with Crippen molar-refractivity contribution >= 4 is 0 Å². The largest absolute Gasteiger partial charge is 0.330 e. The van der Waals surface area contributed by atoms with Crippen LogP contribution in [0.2, 0.25) is 0 Å². The lowest BCUT2D eigenvalue weighted by molar-refractivity contribution is 0.234. The Morgan fingerprint density at radius 3 is 2.43 bits per heavy atom. The van der Waals surface area contributed by atoms with Crippen molar-refractivity contribution in [2.45, 2.75) is 39.5 Å². The van der Waals surface area contributed by atoms with Gasteiger partial charge in [-0.1, -0.05) is 26.7 Å². The van der Waals surface area contributed by atoms with E-state index in [9.17, 15) is 0 Å². The lowest BCUT2D eigenvalue weighted by Gasteiger charge is -2.31. The molecule has 1 fully saturated rings. The standard InChI is InChI=1S/C12H26N2/c1-10(2)8-14-9-12-6-4-3-5-11(12)7-13/h10-12,14H,3-9,13H2,1-2H3. The Kier molecular flexibility index (Phi) is 5.49. The molecule has 0 aromatic heterocycles. The molecule has 1 aliphatic carbocycles. The van der Waals surface area contributed by atoms with Gasteiger partial charge in [-0.15, -0.1) is 0 Å². The number of hydrogen-bond acceptors (Lipinski definition) is 2. The Bertz CT molecular complexity index is 145. The third-order valence-electron chi connectivity index (χ3n) is 3.33. The highest BCUT2D eigenvalue weighted by Gasteiger charge is 2.23. The van der Waals surface area contributed by atoms with Crippen molar-refractivity contribution in [3.05, 3.63) is 0 Å². The van der Waals surface area contributed by atoms with E-state index in [0.29, 0.717) is 0 Å². The fraction of sp³-hybridized carbons (Fsp3) is 1.00. The Balaban J connectivity index is 2.19. The van der Waals surface area contributed by atoms with Crippen LogP contribution in [0.1, 0.15) is 39.5 Å². The SMILES string of the molecule is CC(C)CNCC1CCCCC1CN. The first-order valence-corrected chi connectivity index (χ1v) is 6.14. The van der Waals surface area contributed by atoms with Gasteiger partial charge in [-0.05, 0) is 50.2 Å². The average molecular weight is 198 g/mol. The molecular weight excluding hydrogens is 172 g/mol. The lowest BCUT2D eigenvalue weighted by atomic mass is 9.79. The normalized spacial score (nSPS) is 28.3. The second kappa shape index (κ2) is 6.41. The zero-order chi connectivity index (χ0) is 10.4. The first kappa shape index (κ1) is 12.0. The molecule has 1 aliphatic rings. The van der Waals surface area contributed by atoms with Crippen LogP contribution in [-0.4, -0.2) is 19.6 Å². The van der Waals surface area contributed by atoms with Crippen LogP contribution in [-0.2, 0) is 0 Å². The maximum absolute atomic E-state index is 5.80. The molecule has 84 valence electrons. The molecule has 2 heteroatoms. The van der Waals surface area contributed by atoms with E-state index in [1.165, 1.54) is 32.2 Å². The van der Waals surface area contributed by atoms with Gasteiger partial charge < -0.3 is 11.1 Å². The quantitative estimate of drug-likeness (QED) is 0.709. The Morgan fingerprint density at radius 2 is 1.86 bits per heavy atom. The second-order valence-corrected chi connectivity index (χ2v) is 5.09. The van der Waals surface area contributed by atoms with E-state index in [0.717, 1.165) is 30.8 Å². The molecule has 14 heavy (non-hydrogen) atoms. The van der Waals surface area contributed by atoms with Crippen LogP contribution in [0, 0.1) is 17.8 Å². The van der Waals surface area contributed by atoms with Crippen molar-refractivity contribution in [3.63, 3.8) is 0 Å². The number of rotatable bonds is 5. The molecule has 0 aromatic carbocycles. The minimum atomic E-state index is 0.759. The molecule has 1 rings (SSSR count). The molecular formula is C12H26N2. The fourth-order valence-electron chi connectivity index (χ4n) is 2.42. The van der Waals surface area contributed by atoms with Crippen LogP contribution < -0.4 is 11.1 Å². The Morgan fingerprint density at radius 1 is 1.21 bits per heavy atom. The summed E-state index contributed by atoms with van der Waals surface area (Å²) in [6.45, 7) is 7.73. The molecule has 2 unspecified atom stereocenters. The van der Waals surface area contributed by atoms with Crippen LogP contribution >= 0.6 is 0 Å². The highest BCUT2D eigenvalue weighted by Crippen LogP contribution is 2.28. The molecule has 0 spiro atoms. The summed E-state index contributed by atoms with van der Waals surface area (Å²) < 4.78 is 0. The van der Waals surface area contributed by atoms with E-state index < -0.39 is 0 Å². The molecule has 2 atom stereocenters. The maximum Gasteiger partial charge on any atom is -0.00173 e. The van der Waals surface area contributed by atoms with Crippen LogP contribution in [0.25, 0.3) is 0 Å². The zero-order valence-electron chi connectivity index (χ0n) is 9.76. The van der Waals surface area contributed by atoms with Gasteiger partial charge in [0.2, 0.25) is 0 Å². The van der Waals surface area contributed by atoms with Crippen LogP contribution in [0.3, 0.4) is 0 Å². The second-order valence-electron chi connectivity index (χ2n) is 5.09. The van der Waals surface area contributed by atoms with Crippen molar-refractivity contribution in [1.29, 1.82) is 0 Å². The zero-order valence-corrected chi connectivity index (χ0v) is 9.76. The number of nitrogens with two attached hydrogens (primary N) is 1. The third-order valence-corrected chi connectivity index (χ3v) is 3.33. The van der Waals surface area contributed by atoms with E-state index in [4.69, 9.17) is 5.73 Å². The fourth-order valence-corrected chi connectivity index (χ4v) is 2.42. The van der Waals surface area contributed by atoms with Gasteiger partial charge in [-0.3, -0.25) is 0 Å². The van der Waals surface area contributed by atoms with Crippen molar-refractivity contribution in [2.24, 2.45) is 23.5 Å². The van der Waals surface area contributed by atoms with E-state index in [1.54, 1.807) is 0 Å². The van der Waals surface area contributed by atoms with Crippen molar-refractivity contribution in [3.8, 4) is 0 Å². The van der Waals surface area contributed by atoms with Crippen LogP contribution in [0.5, 0.6) is 0 Å². The molecule has 0 bridgehead atoms. The molecule has 3 N–H and O–H groups in total. The van der Waals surface area contributed by atoms with Gasteiger partial charge in [0.15, 0.2) is 0 Å². The number of nitrogens with one attached hydrogen (secondary N) is 1. The summed E-state index contributed by atoms with van der Waals surface area (Å²) in [7, 11) is 0. The van der Waals surface area contributed by atoms with Crippen molar-refractivity contribution in [1.82, 2.24) is 5.32 Å². The molecule has 0 radical (unpaired) electrons. The van der Waals surface area contributed by atoms with Crippen LogP contribution in [0.15, 0.2) is 0 Å². The predicted octanol–water partition coefficient (Wildman–Crippen LogP) is 2.00. The summed E-state index contributed by atoms with van der Waals surface area (Å²) in [4.78, 5) is 0. The summed E-state index contributed by atoms with van der Waals surface area (Å²) in [6, 6.07) is 0. The van der Waals surface area contributed by atoms with Gasteiger partial charge in [-0.2, -0.15) is 0 Å². The molecule has 0 aliphatic heterocycles. The van der Waals surface area contributed by atoms with E-state index >= 15 is 0 Å². The topological polar surface area (TPSA) is 38.0 Å². The van der Waals surface area contributed by atoms with Gasteiger partial charge >= 0.3 is 0 Å². The first-order valence-electron chi connectivity index (χ1n) is 6.14. The van der Waals surface area contributed by atoms with E-state index in [-0.39, 0.29) is 0 Å². The maximum atomic E-state index is 5.80. The minimum Gasteiger partial charge on any atom is -0.330 e. The molecule has 0 heterocycles. The third kappa shape index (κ3) is 3.97. The van der Waals surface area contributed by atoms with E-state index in [1.807, 2.05) is 0 Å². The Labute approximate surface area is 88.6 Å². The van der Waals surface area contributed by atoms with Crippen molar-refractivity contribution in [2.75, 3.05) is 19.6 Å². The first-order chi connectivity index (χ1) is 6.74. The molecule has 0 amide bonds. The minimum absolute atomic E-state index is 0.759. The van der Waals surface area contributed by atoms with Gasteiger partial charge in [0.25, 0.3) is 0 Å². The molecule has 0 saturated heterocycles. The van der Waals surface area contributed by atoms with Gasteiger partial charge in [0, 0.05) is 0 Å². The summed E-state index contributed by atoms with van der Waals surface area (Å²) in [5.41, 5.74) is 5.80. The monoisotopic (exact) mass is 198 g/mol. The lowest BCUT2D eigenvalue weighted by Crippen LogP contribution is -2.35. The highest BCUT2D eigenvalue weighted by molar-refractivity contribution is 4.77. The predicted molar refractivity (Wildman–Crippen MR) is 62.2 cm³/mol. The van der Waals surface area contributed by atoms with Gasteiger partial charge in [0.05, 0.1) is 0 Å². The summed E-state index contributed by atoms with van der Waals surface area (Å²) in [5, 5.41) is 3.56. The van der Waals surface area contributed by atoms with Crippen molar-refractivity contribution < 1.29 is 0 Å². The summed E-state index contributed by atoms with van der Waals surface area (Å²) >= 11 is 0. The van der Waals surface area contributed by atoms with Crippen LogP contribution in [0.4, 0.5) is 0 Å². The van der Waals surface area contributed by atoms with Gasteiger partial charge in [0.1, 0.15) is 0 Å². The van der Waals surface area contributed by atoms with Gasteiger partial charge in [-0.25, -0.2) is 0 Å². The molecule has 0 aromatic rings. The summed E-state index contributed by atoms with van der Waals surface area (Å²) in [5.74, 6) is 2.38. The smallest absolute Gasteiger partial charge is 0.00173 e. The highest BCUT2D eigenvalue weighted by atomic mass is 14.9. The molecule has 2 nitrogen and oxygen atoms in total. The van der Waals surface area contributed by atoms with E-state index in [2.05, 4.69) is 19.2 Å². The summed E-state index contributed by atoms with van der Waals surface area (Å²) in [6.07, 6.45) is 5.53. The average Bonchev–Trinajstić information content (AvgIpc) is 2.18. The number of hydrogen-bond donors (Lipinski definition) is 2.